The van der Waals surface area contributed by atoms with E-state index in [1.807, 2.05) is 44.2 Å². The smallest absolute Gasteiger partial charge is 0.278 e. The van der Waals surface area contributed by atoms with Crippen LogP contribution < -0.4 is 14.8 Å². The van der Waals surface area contributed by atoms with Gasteiger partial charge in [0.05, 0.1) is 5.57 Å². The number of rotatable bonds is 4. The topological polar surface area (TPSA) is 67.9 Å². The highest BCUT2D eigenvalue weighted by Gasteiger charge is 2.43. The standard InChI is InChI=1S/C27H30N2O4/c1-17-10-12-21(18(2)14-17)24-25(28-19-11-13-22-23(15-19)33-16-32-22)27(31)29(26(24)30)20-8-6-4-3-5-7-9-20/h10-15,20,28H,3-9,16H2,1-2H3. The maximum atomic E-state index is 13.8. The summed E-state index contributed by atoms with van der Waals surface area (Å²) in [5, 5.41) is 3.27. The van der Waals surface area contributed by atoms with Crippen LogP contribution in [0.3, 0.4) is 0 Å². The summed E-state index contributed by atoms with van der Waals surface area (Å²) in [6.45, 7) is 4.20. The molecule has 2 heterocycles. The summed E-state index contributed by atoms with van der Waals surface area (Å²) in [5.41, 5.74) is 4.39. The van der Waals surface area contributed by atoms with Crippen molar-refractivity contribution in [2.75, 3.05) is 12.1 Å². The zero-order valence-electron chi connectivity index (χ0n) is 19.3. The van der Waals surface area contributed by atoms with Gasteiger partial charge in [-0.3, -0.25) is 14.5 Å². The number of aryl methyl sites for hydroxylation is 2. The largest absolute Gasteiger partial charge is 0.454 e. The minimum absolute atomic E-state index is 0.0536. The molecule has 0 bridgehead atoms. The predicted octanol–water partition coefficient (Wildman–Crippen LogP) is 5.34. The average Bonchev–Trinajstić information content (AvgIpc) is 3.32. The summed E-state index contributed by atoms with van der Waals surface area (Å²) in [6, 6.07) is 11.4. The first-order valence-corrected chi connectivity index (χ1v) is 11.9. The van der Waals surface area contributed by atoms with Crippen LogP contribution in [-0.4, -0.2) is 29.5 Å². The summed E-state index contributed by atoms with van der Waals surface area (Å²) in [6.07, 6.45) is 7.39. The van der Waals surface area contributed by atoms with Gasteiger partial charge in [-0.15, -0.1) is 0 Å². The molecule has 1 saturated carbocycles. The molecular formula is C27H30N2O4. The Hall–Kier alpha value is -3.28. The van der Waals surface area contributed by atoms with Crippen molar-refractivity contribution < 1.29 is 19.1 Å². The molecule has 33 heavy (non-hydrogen) atoms. The highest BCUT2D eigenvalue weighted by atomic mass is 16.7. The number of hydrogen-bond acceptors (Lipinski definition) is 5. The molecule has 172 valence electrons. The molecule has 1 N–H and O–H groups in total. The molecule has 0 saturated heterocycles. The number of carbonyl (C=O) groups is 2. The van der Waals surface area contributed by atoms with E-state index < -0.39 is 0 Å². The lowest BCUT2D eigenvalue weighted by molar-refractivity contribution is -0.140. The van der Waals surface area contributed by atoms with Crippen molar-refractivity contribution in [1.29, 1.82) is 0 Å². The molecule has 0 aromatic heterocycles. The molecule has 6 nitrogen and oxygen atoms in total. The highest BCUT2D eigenvalue weighted by molar-refractivity contribution is 6.37. The average molecular weight is 447 g/mol. The fraction of sp³-hybridized carbons (Fsp3) is 0.407. The van der Waals surface area contributed by atoms with E-state index in [1.54, 1.807) is 0 Å². The Labute approximate surface area is 194 Å². The van der Waals surface area contributed by atoms with Gasteiger partial charge < -0.3 is 14.8 Å². The number of benzene rings is 2. The Bertz CT molecular complexity index is 1130. The maximum absolute atomic E-state index is 13.8. The number of nitrogens with one attached hydrogen (secondary N) is 1. The number of hydrogen-bond donors (Lipinski definition) is 1. The molecule has 1 fully saturated rings. The van der Waals surface area contributed by atoms with E-state index in [1.165, 1.54) is 11.3 Å². The first kappa shape index (κ1) is 21.6. The van der Waals surface area contributed by atoms with E-state index in [0.717, 1.165) is 55.2 Å². The van der Waals surface area contributed by atoms with Gasteiger partial charge in [-0.1, -0.05) is 55.9 Å². The van der Waals surface area contributed by atoms with Gasteiger partial charge >= 0.3 is 0 Å². The Morgan fingerprint density at radius 1 is 0.848 bits per heavy atom. The summed E-state index contributed by atoms with van der Waals surface area (Å²) in [5.74, 6) is 0.871. The van der Waals surface area contributed by atoms with Gasteiger partial charge in [0.15, 0.2) is 11.5 Å². The Morgan fingerprint density at radius 3 is 2.33 bits per heavy atom. The van der Waals surface area contributed by atoms with E-state index in [0.29, 0.717) is 28.5 Å². The third kappa shape index (κ3) is 4.10. The molecular weight excluding hydrogens is 416 g/mol. The summed E-state index contributed by atoms with van der Waals surface area (Å²) >= 11 is 0. The van der Waals surface area contributed by atoms with Crippen molar-refractivity contribution in [2.45, 2.75) is 64.8 Å². The zero-order valence-corrected chi connectivity index (χ0v) is 19.3. The molecule has 3 aliphatic rings. The van der Waals surface area contributed by atoms with Crippen LogP contribution in [0, 0.1) is 13.8 Å². The van der Waals surface area contributed by atoms with Crippen LogP contribution in [0.25, 0.3) is 5.57 Å². The minimum atomic E-state index is -0.238. The molecule has 5 rings (SSSR count). The van der Waals surface area contributed by atoms with Crippen LogP contribution in [-0.2, 0) is 9.59 Å². The lowest BCUT2D eigenvalue weighted by Gasteiger charge is -2.28. The molecule has 6 heteroatoms. The van der Waals surface area contributed by atoms with E-state index in [2.05, 4.69) is 11.4 Å². The van der Waals surface area contributed by atoms with E-state index in [-0.39, 0.29) is 24.6 Å². The SMILES string of the molecule is Cc1ccc(C2=C(Nc3ccc4c(c3)OCO4)C(=O)N(C3CCCCCCC3)C2=O)c(C)c1. The predicted molar refractivity (Wildman–Crippen MR) is 127 cm³/mol. The van der Waals surface area contributed by atoms with E-state index in [4.69, 9.17) is 9.47 Å². The Morgan fingerprint density at radius 2 is 1.58 bits per heavy atom. The molecule has 0 atom stereocenters. The van der Waals surface area contributed by atoms with E-state index in [9.17, 15) is 9.59 Å². The molecule has 0 unspecified atom stereocenters. The van der Waals surface area contributed by atoms with Gasteiger partial charge in [0.25, 0.3) is 11.8 Å². The number of ether oxygens (including phenoxy) is 2. The second-order valence-corrected chi connectivity index (χ2v) is 9.24. The molecule has 2 aromatic rings. The minimum Gasteiger partial charge on any atom is -0.454 e. The number of imide groups is 1. The lowest BCUT2D eigenvalue weighted by Crippen LogP contribution is -2.42. The molecule has 0 spiro atoms. The van der Waals surface area contributed by atoms with Crippen molar-refractivity contribution >= 4 is 23.1 Å². The van der Waals surface area contributed by atoms with Crippen molar-refractivity contribution in [3.8, 4) is 11.5 Å². The van der Waals surface area contributed by atoms with Gasteiger partial charge in [-0.05, 0) is 49.9 Å². The summed E-state index contributed by atoms with van der Waals surface area (Å²) in [4.78, 5) is 29.1. The van der Waals surface area contributed by atoms with Crippen LogP contribution in [0.4, 0.5) is 5.69 Å². The fourth-order valence-corrected chi connectivity index (χ4v) is 5.15. The Kier molecular flexibility index (Phi) is 5.83. The van der Waals surface area contributed by atoms with Gasteiger partial charge in [0.2, 0.25) is 6.79 Å². The normalized spacial score (nSPS) is 19.2. The lowest BCUT2D eigenvalue weighted by atomic mass is 9.95. The van der Waals surface area contributed by atoms with Gasteiger partial charge in [0, 0.05) is 17.8 Å². The van der Waals surface area contributed by atoms with Crippen LogP contribution >= 0.6 is 0 Å². The number of nitrogens with zero attached hydrogens (tertiary/aromatic N) is 1. The zero-order chi connectivity index (χ0) is 22.9. The van der Waals surface area contributed by atoms with Crippen LogP contribution in [0.2, 0.25) is 0 Å². The number of fused-ring (bicyclic) bond motifs is 1. The first-order valence-electron chi connectivity index (χ1n) is 11.9. The molecule has 0 radical (unpaired) electrons. The monoisotopic (exact) mass is 446 g/mol. The molecule has 1 aliphatic carbocycles. The number of carbonyl (C=O) groups excluding carboxylic acids is 2. The number of amides is 2. The second-order valence-electron chi connectivity index (χ2n) is 9.24. The van der Waals surface area contributed by atoms with Gasteiger partial charge in [0.1, 0.15) is 5.70 Å². The van der Waals surface area contributed by atoms with Crippen molar-refractivity contribution in [2.24, 2.45) is 0 Å². The van der Waals surface area contributed by atoms with Crippen molar-refractivity contribution in [3.05, 3.63) is 58.8 Å². The number of anilines is 1. The van der Waals surface area contributed by atoms with E-state index >= 15 is 0 Å². The molecule has 2 amide bonds. The molecule has 2 aliphatic heterocycles. The second kappa shape index (κ2) is 8.93. The first-order chi connectivity index (χ1) is 16.0. The van der Waals surface area contributed by atoms with Gasteiger partial charge in [-0.25, -0.2) is 0 Å². The maximum Gasteiger partial charge on any atom is 0.278 e. The fourth-order valence-electron chi connectivity index (χ4n) is 5.15. The van der Waals surface area contributed by atoms with Gasteiger partial charge in [-0.2, -0.15) is 0 Å². The quantitative estimate of drug-likeness (QED) is 0.643. The summed E-state index contributed by atoms with van der Waals surface area (Å²) in [7, 11) is 0. The van der Waals surface area contributed by atoms with Crippen LogP contribution in [0.15, 0.2) is 42.1 Å². The highest BCUT2D eigenvalue weighted by Crippen LogP contribution is 2.38. The third-order valence-corrected chi connectivity index (χ3v) is 6.85. The summed E-state index contributed by atoms with van der Waals surface area (Å²) < 4.78 is 10.9. The van der Waals surface area contributed by atoms with Crippen LogP contribution in [0.1, 0.15) is 61.6 Å². The Balaban J connectivity index is 1.55. The van der Waals surface area contributed by atoms with Crippen molar-refractivity contribution in [1.82, 2.24) is 4.90 Å². The van der Waals surface area contributed by atoms with Crippen molar-refractivity contribution in [3.63, 3.8) is 0 Å². The van der Waals surface area contributed by atoms with Crippen LogP contribution in [0.5, 0.6) is 11.5 Å². The third-order valence-electron chi connectivity index (χ3n) is 6.85. The molecule has 2 aromatic carbocycles.